The molecule has 2 saturated heterocycles. The second kappa shape index (κ2) is 6.41. The highest BCUT2D eigenvalue weighted by molar-refractivity contribution is 7.89. The third-order valence-corrected chi connectivity index (χ3v) is 6.25. The molecule has 0 aliphatic carbocycles. The summed E-state index contributed by atoms with van der Waals surface area (Å²) in [5.74, 6) is -1.07. The van der Waals surface area contributed by atoms with Gasteiger partial charge in [0.25, 0.3) is 0 Å². The van der Waals surface area contributed by atoms with Crippen molar-refractivity contribution in [3.63, 3.8) is 0 Å². The fourth-order valence-electron chi connectivity index (χ4n) is 2.95. The number of rotatable bonds is 5. The van der Waals surface area contributed by atoms with Crippen molar-refractivity contribution in [3.8, 4) is 0 Å². The molecule has 0 aromatic heterocycles. The molecule has 0 aromatic rings. The van der Waals surface area contributed by atoms with Crippen LogP contribution in [0, 0.1) is 17.8 Å². The first kappa shape index (κ1) is 15.7. The number of carboxylic acid groups (broad SMARTS) is 1. The van der Waals surface area contributed by atoms with E-state index in [1.54, 1.807) is 6.92 Å². The van der Waals surface area contributed by atoms with E-state index in [1.807, 2.05) is 0 Å². The predicted octanol–water partition coefficient (Wildman–Crippen LogP) is 0.785. The molecule has 0 spiro atoms. The van der Waals surface area contributed by atoms with E-state index >= 15 is 0 Å². The van der Waals surface area contributed by atoms with Gasteiger partial charge in [-0.05, 0) is 31.1 Å². The van der Waals surface area contributed by atoms with Gasteiger partial charge in [0, 0.05) is 26.3 Å². The summed E-state index contributed by atoms with van der Waals surface area (Å²) in [6.07, 6.45) is 2.49. The van der Waals surface area contributed by atoms with Crippen LogP contribution >= 0.6 is 0 Å². The average Bonchev–Trinajstić information content (AvgIpc) is 2.81. The Morgan fingerprint density at radius 1 is 1.30 bits per heavy atom. The van der Waals surface area contributed by atoms with Crippen molar-refractivity contribution in [1.82, 2.24) is 4.31 Å². The highest BCUT2D eigenvalue weighted by Crippen LogP contribution is 2.27. The zero-order valence-electron chi connectivity index (χ0n) is 11.8. The summed E-state index contributed by atoms with van der Waals surface area (Å²) in [4.78, 5) is 11.1. The minimum atomic E-state index is -3.33. The first-order chi connectivity index (χ1) is 9.40. The van der Waals surface area contributed by atoms with Gasteiger partial charge in [-0.15, -0.1) is 0 Å². The van der Waals surface area contributed by atoms with E-state index < -0.39 is 21.9 Å². The second-order valence-electron chi connectivity index (χ2n) is 5.90. The Kier molecular flexibility index (Phi) is 5.04. The lowest BCUT2D eigenvalue weighted by Crippen LogP contribution is -2.33. The molecule has 2 aliphatic heterocycles. The summed E-state index contributed by atoms with van der Waals surface area (Å²) >= 11 is 0. The quantitative estimate of drug-likeness (QED) is 0.811. The Labute approximate surface area is 120 Å². The maximum absolute atomic E-state index is 12.3. The van der Waals surface area contributed by atoms with Gasteiger partial charge in [0.15, 0.2) is 0 Å². The molecule has 6 nitrogen and oxygen atoms in total. The number of carboxylic acids is 1. The molecule has 116 valence electrons. The predicted molar refractivity (Wildman–Crippen MR) is 73.8 cm³/mol. The number of hydrogen-bond donors (Lipinski definition) is 1. The largest absolute Gasteiger partial charge is 0.481 e. The molecule has 2 atom stereocenters. The lowest BCUT2D eigenvalue weighted by atomic mass is 9.98. The minimum Gasteiger partial charge on any atom is -0.481 e. The van der Waals surface area contributed by atoms with Crippen LogP contribution < -0.4 is 0 Å². The Hall–Kier alpha value is -0.660. The number of aliphatic carboxylic acids is 1. The second-order valence-corrected chi connectivity index (χ2v) is 7.99. The molecule has 0 unspecified atom stereocenters. The molecule has 0 aromatic carbocycles. The van der Waals surface area contributed by atoms with Gasteiger partial charge in [-0.2, -0.15) is 0 Å². The van der Waals surface area contributed by atoms with Crippen LogP contribution in [0.5, 0.6) is 0 Å². The van der Waals surface area contributed by atoms with E-state index in [2.05, 4.69) is 0 Å². The summed E-state index contributed by atoms with van der Waals surface area (Å²) < 4.78 is 31.2. The molecular weight excluding hydrogens is 282 g/mol. The van der Waals surface area contributed by atoms with Gasteiger partial charge in [0.2, 0.25) is 10.0 Å². The number of sulfonamides is 1. The summed E-state index contributed by atoms with van der Waals surface area (Å²) in [5.41, 5.74) is 0. The SMILES string of the molecule is C[C@@H]1CN(S(=O)(=O)CCC2CCOCC2)C[C@H]1C(=O)O. The smallest absolute Gasteiger partial charge is 0.308 e. The van der Waals surface area contributed by atoms with Crippen molar-refractivity contribution in [2.75, 3.05) is 32.1 Å². The zero-order chi connectivity index (χ0) is 14.8. The Balaban J connectivity index is 1.88. The standard InChI is InChI=1S/C13H23NO5S/c1-10-8-14(9-12(10)13(15)16)20(17,18)7-4-11-2-5-19-6-3-11/h10-12H,2-9H2,1H3,(H,15,16)/t10-,12-/m1/s1. The van der Waals surface area contributed by atoms with Crippen LogP contribution in [0.25, 0.3) is 0 Å². The number of nitrogens with zero attached hydrogens (tertiary/aromatic N) is 1. The van der Waals surface area contributed by atoms with Crippen LogP contribution in [-0.2, 0) is 19.6 Å². The average molecular weight is 305 g/mol. The van der Waals surface area contributed by atoms with Crippen LogP contribution in [0.3, 0.4) is 0 Å². The molecular formula is C13H23NO5S. The third-order valence-electron chi connectivity index (χ3n) is 4.41. The highest BCUT2D eigenvalue weighted by atomic mass is 32.2. The van der Waals surface area contributed by atoms with Crippen molar-refractivity contribution in [2.24, 2.45) is 17.8 Å². The Bertz CT molecular complexity index is 444. The van der Waals surface area contributed by atoms with E-state index in [1.165, 1.54) is 4.31 Å². The monoisotopic (exact) mass is 305 g/mol. The molecule has 2 fully saturated rings. The van der Waals surface area contributed by atoms with Gasteiger partial charge in [-0.1, -0.05) is 6.92 Å². The maximum Gasteiger partial charge on any atom is 0.308 e. The van der Waals surface area contributed by atoms with Gasteiger partial charge >= 0.3 is 5.97 Å². The number of ether oxygens (including phenoxy) is 1. The molecule has 1 N–H and O–H groups in total. The Morgan fingerprint density at radius 2 is 1.95 bits per heavy atom. The third kappa shape index (κ3) is 3.71. The first-order valence-electron chi connectivity index (χ1n) is 7.18. The van der Waals surface area contributed by atoms with Crippen LogP contribution in [-0.4, -0.2) is 55.9 Å². The first-order valence-corrected chi connectivity index (χ1v) is 8.79. The summed E-state index contributed by atoms with van der Waals surface area (Å²) in [6, 6.07) is 0. The van der Waals surface area contributed by atoms with Gasteiger partial charge < -0.3 is 9.84 Å². The van der Waals surface area contributed by atoms with Gasteiger partial charge in [0.05, 0.1) is 11.7 Å². The fraction of sp³-hybridized carbons (Fsp3) is 0.923. The maximum atomic E-state index is 12.3. The number of carbonyl (C=O) groups is 1. The summed E-state index contributed by atoms with van der Waals surface area (Å²) in [5, 5.41) is 9.07. The normalized spacial score (nSPS) is 29.6. The molecule has 20 heavy (non-hydrogen) atoms. The fourth-order valence-corrected chi connectivity index (χ4v) is 4.69. The number of hydrogen-bond acceptors (Lipinski definition) is 4. The lowest BCUT2D eigenvalue weighted by molar-refractivity contribution is -0.142. The molecule has 2 heterocycles. The molecule has 0 saturated carbocycles. The van der Waals surface area contributed by atoms with E-state index in [-0.39, 0.29) is 18.2 Å². The van der Waals surface area contributed by atoms with E-state index in [4.69, 9.17) is 9.84 Å². The van der Waals surface area contributed by atoms with Gasteiger partial charge in [-0.3, -0.25) is 4.79 Å². The minimum absolute atomic E-state index is 0.118. The Morgan fingerprint density at radius 3 is 2.50 bits per heavy atom. The van der Waals surface area contributed by atoms with E-state index in [0.717, 1.165) is 12.8 Å². The van der Waals surface area contributed by atoms with Gasteiger partial charge in [-0.25, -0.2) is 12.7 Å². The van der Waals surface area contributed by atoms with Gasteiger partial charge in [0.1, 0.15) is 0 Å². The molecule has 0 radical (unpaired) electrons. The molecule has 7 heteroatoms. The van der Waals surface area contributed by atoms with Crippen LogP contribution in [0.4, 0.5) is 0 Å². The molecule has 2 rings (SSSR count). The van der Waals surface area contributed by atoms with E-state index in [0.29, 0.717) is 32.1 Å². The van der Waals surface area contributed by atoms with Crippen LogP contribution in [0.2, 0.25) is 0 Å². The molecule has 0 bridgehead atoms. The van der Waals surface area contributed by atoms with Crippen molar-refractivity contribution in [3.05, 3.63) is 0 Å². The van der Waals surface area contributed by atoms with Crippen molar-refractivity contribution < 1.29 is 23.1 Å². The molecule has 2 aliphatic rings. The summed E-state index contributed by atoms with van der Waals surface area (Å²) in [7, 11) is -3.33. The van der Waals surface area contributed by atoms with Crippen molar-refractivity contribution in [2.45, 2.75) is 26.2 Å². The van der Waals surface area contributed by atoms with Crippen molar-refractivity contribution in [1.29, 1.82) is 0 Å². The van der Waals surface area contributed by atoms with Crippen LogP contribution in [0.1, 0.15) is 26.2 Å². The van der Waals surface area contributed by atoms with Crippen LogP contribution in [0.15, 0.2) is 0 Å². The van der Waals surface area contributed by atoms with E-state index in [9.17, 15) is 13.2 Å². The van der Waals surface area contributed by atoms with Crippen molar-refractivity contribution >= 4 is 16.0 Å². The zero-order valence-corrected chi connectivity index (χ0v) is 12.6. The topological polar surface area (TPSA) is 83.9 Å². The highest BCUT2D eigenvalue weighted by Gasteiger charge is 2.40. The molecule has 0 amide bonds. The summed E-state index contributed by atoms with van der Waals surface area (Å²) in [6.45, 7) is 3.67. The lowest BCUT2D eigenvalue weighted by Gasteiger charge is -2.23.